The summed E-state index contributed by atoms with van der Waals surface area (Å²) in [5, 5.41) is 9.33. The number of amides is 1. The van der Waals surface area contributed by atoms with Gasteiger partial charge < -0.3 is 19.6 Å². The first kappa shape index (κ1) is 19.3. The molecule has 2 saturated heterocycles. The lowest BCUT2D eigenvalue weighted by atomic mass is 9.88. The van der Waals surface area contributed by atoms with E-state index in [1.165, 1.54) is 5.56 Å². The Balaban J connectivity index is 1.54. The average Bonchev–Trinajstić information content (AvgIpc) is 2.66. The molecule has 144 valence electrons. The topological polar surface area (TPSA) is 53.0 Å². The molecule has 0 aliphatic carbocycles. The van der Waals surface area contributed by atoms with Crippen molar-refractivity contribution in [2.24, 2.45) is 5.92 Å². The SMILES string of the molecule is CC(CO)CN1CC2(CCN(CCc3ccccc3)CC2)OC(C)C1=O. The first-order valence-electron chi connectivity index (χ1n) is 9.85. The van der Waals surface area contributed by atoms with Gasteiger partial charge in [-0.05, 0) is 37.7 Å². The fourth-order valence-corrected chi connectivity index (χ4v) is 4.13. The van der Waals surface area contributed by atoms with E-state index in [4.69, 9.17) is 4.74 Å². The highest BCUT2D eigenvalue weighted by molar-refractivity contribution is 5.81. The van der Waals surface area contributed by atoms with E-state index in [1.54, 1.807) is 0 Å². The minimum absolute atomic E-state index is 0.0578. The van der Waals surface area contributed by atoms with E-state index in [9.17, 15) is 9.90 Å². The molecule has 1 aromatic carbocycles. The molecule has 1 amide bonds. The first-order valence-corrected chi connectivity index (χ1v) is 9.85. The van der Waals surface area contributed by atoms with Crippen LogP contribution >= 0.6 is 0 Å². The lowest BCUT2D eigenvalue weighted by Gasteiger charge is -2.49. The van der Waals surface area contributed by atoms with E-state index in [1.807, 2.05) is 18.7 Å². The predicted octanol–water partition coefficient (Wildman–Crippen LogP) is 1.94. The fraction of sp³-hybridized carbons (Fsp3) is 0.667. The Morgan fingerprint density at radius 3 is 2.62 bits per heavy atom. The first-order chi connectivity index (χ1) is 12.5. The molecule has 2 aliphatic heterocycles. The Morgan fingerprint density at radius 2 is 1.96 bits per heavy atom. The summed E-state index contributed by atoms with van der Waals surface area (Å²) in [6.07, 6.45) is 2.61. The number of hydrogen-bond donors (Lipinski definition) is 1. The standard InChI is InChI=1S/C21H32N2O3/c1-17(15-24)14-23-16-21(26-18(2)20(23)25)9-12-22(13-10-21)11-8-19-6-4-3-5-7-19/h3-7,17-18,24H,8-16H2,1-2H3. The molecule has 0 saturated carbocycles. The number of ether oxygens (including phenoxy) is 1. The van der Waals surface area contributed by atoms with Gasteiger partial charge in [0.25, 0.3) is 5.91 Å². The van der Waals surface area contributed by atoms with Crippen LogP contribution in [0, 0.1) is 5.92 Å². The summed E-state index contributed by atoms with van der Waals surface area (Å²) in [5.74, 6) is 0.162. The van der Waals surface area contributed by atoms with Crippen LogP contribution in [0.3, 0.4) is 0 Å². The molecule has 5 heteroatoms. The van der Waals surface area contributed by atoms with Crippen LogP contribution in [0.5, 0.6) is 0 Å². The maximum atomic E-state index is 12.4. The summed E-state index contributed by atoms with van der Waals surface area (Å²) in [7, 11) is 0. The van der Waals surface area contributed by atoms with E-state index in [2.05, 4.69) is 35.2 Å². The maximum absolute atomic E-state index is 12.4. The smallest absolute Gasteiger partial charge is 0.251 e. The Bertz CT molecular complexity index is 584. The van der Waals surface area contributed by atoms with Crippen molar-refractivity contribution in [2.75, 3.05) is 39.3 Å². The molecular formula is C21H32N2O3. The van der Waals surface area contributed by atoms with E-state index < -0.39 is 0 Å². The molecule has 5 nitrogen and oxygen atoms in total. The zero-order valence-electron chi connectivity index (χ0n) is 16.1. The fourth-order valence-electron chi connectivity index (χ4n) is 4.13. The van der Waals surface area contributed by atoms with E-state index in [0.717, 1.165) is 38.9 Å². The molecular weight excluding hydrogens is 328 g/mol. The Hall–Kier alpha value is -1.43. The minimum atomic E-state index is -0.384. The lowest BCUT2D eigenvalue weighted by Crippen LogP contribution is -2.62. The van der Waals surface area contributed by atoms with Crippen molar-refractivity contribution in [3.63, 3.8) is 0 Å². The number of nitrogens with zero attached hydrogens (tertiary/aromatic N) is 2. The monoisotopic (exact) mass is 360 g/mol. The molecule has 2 aliphatic rings. The van der Waals surface area contributed by atoms with Gasteiger partial charge in [0.2, 0.25) is 0 Å². The number of morpholine rings is 1. The predicted molar refractivity (Wildman–Crippen MR) is 102 cm³/mol. The maximum Gasteiger partial charge on any atom is 0.251 e. The molecule has 26 heavy (non-hydrogen) atoms. The molecule has 1 spiro atoms. The molecule has 2 heterocycles. The Morgan fingerprint density at radius 1 is 1.27 bits per heavy atom. The summed E-state index contributed by atoms with van der Waals surface area (Å²) in [6.45, 7) is 8.32. The molecule has 2 unspecified atom stereocenters. The molecule has 0 bridgehead atoms. The number of piperidine rings is 1. The van der Waals surface area contributed by atoms with Crippen molar-refractivity contribution in [3.05, 3.63) is 35.9 Å². The normalized spacial score (nSPS) is 24.8. The van der Waals surface area contributed by atoms with Gasteiger partial charge in [0.05, 0.1) is 5.60 Å². The van der Waals surface area contributed by atoms with Crippen LogP contribution in [0.25, 0.3) is 0 Å². The molecule has 0 radical (unpaired) electrons. The van der Waals surface area contributed by atoms with Gasteiger partial charge in [-0.1, -0.05) is 37.3 Å². The molecule has 2 atom stereocenters. The summed E-state index contributed by atoms with van der Waals surface area (Å²) in [5.41, 5.74) is 1.16. The Kier molecular flexibility index (Phi) is 6.33. The number of benzene rings is 1. The second kappa shape index (κ2) is 8.51. The molecule has 0 aromatic heterocycles. The highest BCUT2D eigenvalue weighted by Gasteiger charge is 2.45. The second-order valence-corrected chi connectivity index (χ2v) is 8.03. The minimum Gasteiger partial charge on any atom is -0.396 e. The van der Waals surface area contributed by atoms with Crippen LogP contribution in [0.15, 0.2) is 30.3 Å². The van der Waals surface area contributed by atoms with Crippen LogP contribution in [-0.4, -0.2) is 71.8 Å². The number of aliphatic hydroxyl groups is 1. The molecule has 1 N–H and O–H groups in total. The third-order valence-electron chi connectivity index (χ3n) is 5.74. The molecule has 1 aromatic rings. The number of carbonyl (C=O) groups excluding carboxylic acids is 1. The van der Waals surface area contributed by atoms with Gasteiger partial charge in [-0.2, -0.15) is 0 Å². The zero-order valence-corrected chi connectivity index (χ0v) is 16.1. The van der Waals surface area contributed by atoms with Crippen molar-refractivity contribution in [1.29, 1.82) is 0 Å². The average molecular weight is 360 g/mol. The number of likely N-dealkylation sites (tertiary alicyclic amines) is 1. The largest absolute Gasteiger partial charge is 0.396 e. The van der Waals surface area contributed by atoms with Gasteiger partial charge in [-0.15, -0.1) is 0 Å². The summed E-state index contributed by atoms with van der Waals surface area (Å²) in [4.78, 5) is 16.9. The molecule has 3 rings (SSSR count). The summed E-state index contributed by atoms with van der Waals surface area (Å²) in [6, 6.07) is 10.6. The van der Waals surface area contributed by atoms with Crippen molar-refractivity contribution in [2.45, 2.75) is 44.8 Å². The van der Waals surface area contributed by atoms with Crippen molar-refractivity contribution >= 4 is 5.91 Å². The van der Waals surface area contributed by atoms with E-state index in [0.29, 0.717) is 13.1 Å². The van der Waals surface area contributed by atoms with Gasteiger partial charge in [-0.3, -0.25) is 4.79 Å². The van der Waals surface area contributed by atoms with Crippen molar-refractivity contribution in [3.8, 4) is 0 Å². The summed E-state index contributed by atoms with van der Waals surface area (Å²) < 4.78 is 6.20. The molecule has 2 fully saturated rings. The van der Waals surface area contributed by atoms with Crippen LogP contribution in [0.1, 0.15) is 32.3 Å². The van der Waals surface area contributed by atoms with Crippen LogP contribution in [-0.2, 0) is 16.0 Å². The van der Waals surface area contributed by atoms with Crippen molar-refractivity contribution < 1.29 is 14.6 Å². The third-order valence-corrected chi connectivity index (χ3v) is 5.74. The van der Waals surface area contributed by atoms with Gasteiger partial charge in [0, 0.05) is 39.3 Å². The number of aliphatic hydroxyl groups excluding tert-OH is 1. The van der Waals surface area contributed by atoms with Gasteiger partial charge in [0.1, 0.15) is 6.10 Å². The third kappa shape index (κ3) is 4.64. The van der Waals surface area contributed by atoms with E-state index in [-0.39, 0.29) is 30.1 Å². The van der Waals surface area contributed by atoms with Gasteiger partial charge >= 0.3 is 0 Å². The van der Waals surface area contributed by atoms with E-state index >= 15 is 0 Å². The summed E-state index contributed by atoms with van der Waals surface area (Å²) >= 11 is 0. The van der Waals surface area contributed by atoms with Crippen LogP contribution in [0.4, 0.5) is 0 Å². The highest BCUT2D eigenvalue weighted by atomic mass is 16.5. The second-order valence-electron chi connectivity index (χ2n) is 8.03. The quantitative estimate of drug-likeness (QED) is 0.842. The number of hydrogen-bond acceptors (Lipinski definition) is 4. The zero-order chi connectivity index (χ0) is 18.6. The van der Waals surface area contributed by atoms with Crippen molar-refractivity contribution in [1.82, 2.24) is 9.80 Å². The van der Waals surface area contributed by atoms with Crippen LogP contribution < -0.4 is 0 Å². The highest BCUT2D eigenvalue weighted by Crippen LogP contribution is 2.33. The van der Waals surface area contributed by atoms with Gasteiger partial charge in [-0.25, -0.2) is 0 Å². The number of rotatable bonds is 6. The van der Waals surface area contributed by atoms with Gasteiger partial charge in [0.15, 0.2) is 0 Å². The number of carbonyl (C=O) groups is 1. The lowest BCUT2D eigenvalue weighted by molar-refractivity contribution is -0.190. The Labute approximate surface area is 156 Å². The van der Waals surface area contributed by atoms with Crippen LogP contribution in [0.2, 0.25) is 0 Å².